The summed E-state index contributed by atoms with van der Waals surface area (Å²) in [6.45, 7) is 1.33. The molecule has 206 valence electrons. The van der Waals surface area contributed by atoms with Crippen LogP contribution >= 0.6 is 7.82 Å². The number of halogens is 3. The summed E-state index contributed by atoms with van der Waals surface area (Å²) < 4.78 is 69.7. The Morgan fingerprint density at radius 1 is 1.21 bits per heavy atom. The van der Waals surface area contributed by atoms with E-state index in [1.807, 2.05) is 0 Å². The van der Waals surface area contributed by atoms with E-state index in [1.165, 1.54) is 31.1 Å². The highest BCUT2D eigenvalue weighted by atomic mass is 31.2. The molecular weight excluding hydrogens is 538 g/mol. The SMILES string of the molecule is CC(OC(=O)OCCOP(=O)(O)O)[n+]1cnn(CC(O)(c2ccc(F)cc2F)[C@@H](C)c2ncncc2F)c1. The Hall–Kier alpha value is -3.43. The third-order valence-corrected chi connectivity index (χ3v) is 5.99. The molecule has 17 heteroatoms. The fourth-order valence-corrected chi connectivity index (χ4v) is 3.85. The van der Waals surface area contributed by atoms with Crippen molar-refractivity contribution < 1.29 is 56.0 Å². The monoisotopic (exact) mass is 562 g/mol. The standard InChI is InChI=1S/C21H23F3N5O8P/c1-13(19-18(24)8-25-10-26-19)21(31,16-4-3-15(22)7-17(16)23)9-29-12-28(11-27-29)14(2)37-20(30)35-5-6-36-38(32,33)34/h3-4,7-8,10-14,31H,5-6,9H2,1-2H3,(H-,32,33,34)/p+1/t13-,14?,21?/m0/s1. The van der Waals surface area contributed by atoms with Crippen molar-refractivity contribution in [3.8, 4) is 0 Å². The Morgan fingerprint density at radius 2 is 1.95 bits per heavy atom. The van der Waals surface area contributed by atoms with Crippen LogP contribution in [-0.2, 0) is 30.7 Å². The minimum atomic E-state index is -4.71. The summed E-state index contributed by atoms with van der Waals surface area (Å²) in [5.74, 6) is -3.96. The summed E-state index contributed by atoms with van der Waals surface area (Å²) in [6.07, 6.45) is 2.28. The fraction of sp³-hybridized carbons (Fsp3) is 0.381. The molecule has 3 atom stereocenters. The third kappa shape index (κ3) is 7.33. The Bertz CT molecular complexity index is 1330. The van der Waals surface area contributed by atoms with E-state index in [0.29, 0.717) is 6.07 Å². The zero-order chi connectivity index (χ0) is 28.1. The van der Waals surface area contributed by atoms with E-state index < -0.39 is 68.9 Å². The van der Waals surface area contributed by atoms with Gasteiger partial charge in [0.05, 0.1) is 18.5 Å². The van der Waals surface area contributed by atoms with Gasteiger partial charge in [-0.15, -0.1) is 4.68 Å². The maximum absolute atomic E-state index is 14.8. The van der Waals surface area contributed by atoms with Gasteiger partial charge in [-0.1, -0.05) is 13.0 Å². The molecule has 0 aliphatic carbocycles. The van der Waals surface area contributed by atoms with E-state index >= 15 is 0 Å². The molecule has 2 heterocycles. The van der Waals surface area contributed by atoms with Crippen molar-refractivity contribution in [2.24, 2.45) is 0 Å². The first-order valence-electron chi connectivity index (χ1n) is 10.9. The van der Waals surface area contributed by atoms with Crippen LogP contribution in [0.3, 0.4) is 0 Å². The number of hydrogen-bond acceptors (Lipinski definition) is 9. The lowest BCUT2D eigenvalue weighted by Gasteiger charge is -2.32. The summed E-state index contributed by atoms with van der Waals surface area (Å²) in [5.41, 5.74) is -2.73. The van der Waals surface area contributed by atoms with E-state index in [4.69, 9.17) is 14.5 Å². The number of hydrogen-bond donors (Lipinski definition) is 3. The van der Waals surface area contributed by atoms with E-state index in [-0.39, 0.29) is 11.3 Å². The molecule has 0 amide bonds. The van der Waals surface area contributed by atoms with Crippen molar-refractivity contribution >= 4 is 14.0 Å². The lowest BCUT2D eigenvalue weighted by molar-refractivity contribution is -0.754. The summed E-state index contributed by atoms with van der Waals surface area (Å²) >= 11 is 0. The molecule has 38 heavy (non-hydrogen) atoms. The number of benzene rings is 1. The summed E-state index contributed by atoms with van der Waals surface area (Å²) in [4.78, 5) is 36.5. The molecule has 13 nitrogen and oxygen atoms in total. The number of aromatic nitrogens is 5. The number of ether oxygens (including phenoxy) is 2. The van der Waals surface area contributed by atoms with Gasteiger partial charge in [-0.2, -0.15) is 4.57 Å². The molecule has 3 rings (SSSR count). The number of aliphatic hydroxyl groups is 1. The van der Waals surface area contributed by atoms with Gasteiger partial charge in [0, 0.05) is 29.6 Å². The van der Waals surface area contributed by atoms with Gasteiger partial charge >= 0.3 is 14.0 Å². The summed E-state index contributed by atoms with van der Waals surface area (Å²) in [7, 11) is -4.71. The Morgan fingerprint density at radius 3 is 2.61 bits per heavy atom. The van der Waals surface area contributed by atoms with Crippen LogP contribution in [0.15, 0.2) is 43.4 Å². The normalized spacial score (nSPS) is 14.9. The van der Waals surface area contributed by atoms with Crippen molar-refractivity contribution in [1.29, 1.82) is 0 Å². The van der Waals surface area contributed by atoms with Gasteiger partial charge in [0.1, 0.15) is 36.7 Å². The molecule has 0 aliphatic rings. The first-order valence-corrected chi connectivity index (χ1v) is 12.4. The summed E-state index contributed by atoms with van der Waals surface area (Å²) in [6, 6.07) is 2.57. The molecular formula is C21H24F3N5O8P+. The molecule has 3 aromatic rings. The molecule has 0 fully saturated rings. The second-order valence-corrected chi connectivity index (χ2v) is 9.30. The molecule has 0 saturated heterocycles. The molecule has 0 saturated carbocycles. The molecule has 0 aliphatic heterocycles. The summed E-state index contributed by atoms with van der Waals surface area (Å²) in [5, 5.41) is 15.8. The molecule has 1 aromatic carbocycles. The van der Waals surface area contributed by atoms with Crippen LogP contribution in [0.25, 0.3) is 0 Å². The topological polar surface area (TPSA) is 170 Å². The maximum Gasteiger partial charge on any atom is 0.511 e. The Balaban J connectivity index is 1.79. The molecule has 0 radical (unpaired) electrons. The first-order chi connectivity index (χ1) is 17.8. The highest BCUT2D eigenvalue weighted by Gasteiger charge is 2.43. The quantitative estimate of drug-likeness (QED) is 0.135. The maximum atomic E-state index is 14.8. The van der Waals surface area contributed by atoms with Gasteiger partial charge in [-0.3, -0.25) is 4.52 Å². The lowest BCUT2D eigenvalue weighted by atomic mass is 9.79. The Kier molecular flexibility index (Phi) is 9.17. The Labute approximate surface area is 213 Å². The van der Waals surface area contributed by atoms with E-state index in [9.17, 15) is 27.6 Å². The molecule has 3 N–H and O–H groups in total. The second kappa shape index (κ2) is 12.0. The second-order valence-electron chi connectivity index (χ2n) is 8.06. The number of carbonyl (C=O) groups excluding carboxylic acids is 1. The van der Waals surface area contributed by atoms with Gasteiger partial charge in [0.25, 0.3) is 6.33 Å². The van der Waals surface area contributed by atoms with Crippen molar-refractivity contribution in [2.45, 2.75) is 38.1 Å². The number of rotatable bonds is 11. The van der Waals surface area contributed by atoms with Crippen LogP contribution in [0.5, 0.6) is 0 Å². The average molecular weight is 562 g/mol. The average Bonchev–Trinajstić information content (AvgIpc) is 3.29. The van der Waals surface area contributed by atoms with Gasteiger partial charge in [0.15, 0.2) is 5.82 Å². The highest BCUT2D eigenvalue weighted by molar-refractivity contribution is 7.46. The zero-order valence-corrected chi connectivity index (χ0v) is 20.9. The van der Waals surface area contributed by atoms with Crippen molar-refractivity contribution in [3.05, 3.63) is 72.1 Å². The van der Waals surface area contributed by atoms with Crippen LogP contribution in [0.2, 0.25) is 0 Å². The minimum Gasteiger partial charge on any atom is -0.432 e. The van der Waals surface area contributed by atoms with Crippen LogP contribution in [0, 0.1) is 17.5 Å². The molecule has 0 bridgehead atoms. The van der Waals surface area contributed by atoms with E-state index in [2.05, 4.69) is 24.3 Å². The lowest BCUT2D eigenvalue weighted by Crippen LogP contribution is -2.41. The van der Waals surface area contributed by atoms with Crippen molar-refractivity contribution in [3.63, 3.8) is 0 Å². The van der Waals surface area contributed by atoms with Crippen LogP contribution in [-0.4, -0.2) is 54.0 Å². The van der Waals surface area contributed by atoms with Crippen LogP contribution < -0.4 is 4.57 Å². The molecule has 2 aromatic heterocycles. The predicted octanol–water partition coefficient (Wildman–Crippen LogP) is 1.85. The smallest absolute Gasteiger partial charge is 0.432 e. The van der Waals surface area contributed by atoms with Crippen molar-refractivity contribution in [1.82, 2.24) is 19.7 Å². The predicted molar refractivity (Wildman–Crippen MR) is 118 cm³/mol. The van der Waals surface area contributed by atoms with Gasteiger partial charge < -0.3 is 24.4 Å². The van der Waals surface area contributed by atoms with Crippen LogP contribution in [0.1, 0.15) is 37.3 Å². The highest BCUT2D eigenvalue weighted by Crippen LogP contribution is 2.39. The van der Waals surface area contributed by atoms with Crippen LogP contribution in [0.4, 0.5) is 18.0 Å². The molecule has 0 spiro atoms. The van der Waals surface area contributed by atoms with E-state index in [1.54, 1.807) is 0 Å². The zero-order valence-electron chi connectivity index (χ0n) is 20.0. The minimum absolute atomic E-state index is 0.214. The fourth-order valence-electron chi connectivity index (χ4n) is 3.53. The van der Waals surface area contributed by atoms with Crippen molar-refractivity contribution in [2.75, 3.05) is 13.2 Å². The third-order valence-electron chi connectivity index (χ3n) is 5.47. The number of carbonyl (C=O) groups is 1. The van der Waals surface area contributed by atoms with E-state index in [0.717, 1.165) is 29.3 Å². The number of phosphoric ester groups is 1. The van der Waals surface area contributed by atoms with Gasteiger partial charge in [0.2, 0.25) is 12.6 Å². The first kappa shape index (κ1) is 29.1. The van der Waals surface area contributed by atoms with Gasteiger partial charge in [-0.25, -0.2) is 32.5 Å². The largest absolute Gasteiger partial charge is 0.511 e. The van der Waals surface area contributed by atoms with Gasteiger partial charge in [-0.05, 0) is 6.07 Å². The number of nitrogens with zero attached hydrogens (tertiary/aromatic N) is 5. The molecule has 2 unspecified atom stereocenters. The number of phosphoric acid groups is 1.